The highest BCUT2D eigenvalue weighted by atomic mass is 16.5. The van der Waals surface area contributed by atoms with Gasteiger partial charge < -0.3 is 19.7 Å². The number of hydrogen-bond donors (Lipinski definition) is 1. The molecule has 6 nitrogen and oxygen atoms in total. The molecule has 2 aromatic rings. The maximum absolute atomic E-state index is 12.2. The highest BCUT2D eigenvalue weighted by Gasteiger charge is 2.25. The molecule has 3 rings (SSSR count). The van der Waals surface area contributed by atoms with E-state index in [4.69, 9.17) is 9.47 Å². The summed E-state index contributed by atoms with van der Waals surface area (Å²) in [6.45, 7) is 1.42. The average Bonchev–Trinajstić information content (AvgIpc) is 2.65. The first kappa shape index (κ1) is 17.0. The second kappa shape index (κ2) is 7.81. The van der Waals surface area contributed by atoms with E-state index in [1.807, 2.05) is 36.4 Å². The number of fused-ring (bicyclic) bond motifs is 1. The SMILES string of the molecule is COCCNC(=O)c1ccc(CN2C(=O)COc3ccccc32)cc1. The van der Waals surface area contributed by atoms with Crippen LogP contribution in [-0.2, 0) is 16.1 Å². The Morgan fingerprint density at radius 1 is 1.20 bits per heavy atom. The molecule has 2 amide bonds. The molecule has 2 aromatic carbocycles. The second-order valence-corrected chi connectivity index (χ2v) is 5.68. The third kappa shape index (κ3) is 3.97. The van der Waals surface area contributed by atoms with E-state index in [0.29, 0.717) is 31.0 Å². The molecule has 25 heavy (non-hydrogen) atoms. The van der Waals surface area contributed by atoms with Crippen molar-refractivity contribution in [1.29, 1.82) is 0 Å². The fourth-order valence-electron chi connectivity index (χ4n) is 2.64. The molecular weight excluding hydrogens is 320 g/mol. The van der Waals surface area contributed by atoms with Crippen molar-refractivity contribution in [2.45, 2.75) is 6.54 Å². The first-order valence-electron chi connectivity index (χ1n) is 8.07. The first-order chi connectivity index (χ1) is 12.2. The molecule has 0 saturated heterocycles. The van der Waals surface area contributed by atoms with Crippen molar-refractivity contribution in [3.8, 4) is 5.75 Å². The number of nitrogens with zero attached hydrogens (tertiary/aromatic N) is 1. The minimum Gasteiger partial charge on any atom is -0.482 e. The van der Waals surface area contributed by atoms with Crippen molar-refractivity contribution in [3.63, 3.8) is 0 Å². The van der Waals surface area contributed by atoms with Crippen LogP contribution in [0.25, 0.3) is 0 Å². The van der Waals surface area contributed by atoms with Gasteiger partial charge in [0.05, 0.1) is 18.8 Å². The van der Waals surface area contributed by atoms with Crippen molar-refractivity contribution in [1.82, 2.24) is 5.32 Å². The number of nitrogens with one attached hydrogen (secondary N) is 1. The molecule has 1 heterocycles. The summed E-state index contributed by atoms with van der Waals surface area (Å²) in [5, 5.41) is 2.78. The van der Waals surface area contributed by atoms with Gasteiger partial charge in [-0.15, -0.1) is 0 Å². The van der Waals surface area contributed by atoms with Crippen LogP contribution in [0.4, 0.5) is 5.69 Å². The lowest BCUT2D eigenvalue weighted by molar-refractivity contribution is -0.121. The molecule has 1 N–H and O–H groups in total. The predicted molar refractivity (Wildman–Crippen MR) is 93.8 cm³/mol. The highest BCUT2D eigenvalue weighted by Crippen LogP contribution is 2.32. The largest absolute Gasteiger partial charge is 0.482 e. The third-order valence-corrected chi connectivity index (χ3v) is 3.96. The number of anilines is 1. The van der Waals surface area contributed by atoms with E-state index < -0.39 is 0 Å². The number of carbonyl (C=O) groups excluding carboxylic acids is 2. The quantitative estimate of drug-likeness (QED) is 0.817. The van der Waals surface area contributed by atoms with Crippen LogP contribution in [0.5, 0.6) is 5.75 Å². The highest BCUT2D eigenvalue weighted by molar-refractivity contribution is 5.98. The molecule has 1 aliphatic rings. The normalized spacial score (nSPS) is 13.2. The van der Waals surface area contributed by atoms with Crippen LogP contribution in [0.2, 0.25) is 0 Å². The van der Waals surface area contributed by atoms with E-state index in [9.17, 15) is 9.59 Å². The van der Waals surface area contributed by atoms with Crippen LogP contribution >= 0.6 is 0 Å². The topological polar surface area (TPSA) is 67.9 Å². The zero-order valence-corrected chi connectivity index (χ0v) is 14.0. The maximum Gasteiger partial charge on any atom is 0.265 e. The van der Waals surface area contributed by atoms with Gasteiger partial charge in [-0.05, 0) is 29.8 Å². The van der Waals surface area contributed by atoms with E-state index in [0.717, 1.165) is 11.3 Å². The molecule has 0 atom stereocenters. The molecule has 0 aliphatic carbocycles. The fraction of sp³-hybridized carbons (Fsp3) is 0.263. The molecule has 0 bridgehead atoms. The Bertz CT molecular complexity index is 758. The smallest absolute Gasteiger partial charge is 0.265 e. The van der Waals surface area contributed by atoms with Crippen LogP contribution in [0.3, 0.4) is 0 Å². The summed E-state index contributed by atoms with van der Waals surface area (Å²) in [5.74, 6) is 0.479. The maximum atomic E-state index is 12.2. The lowest BCUT2D eigenvalue weighted by Gasteiger charge is -2.29. The molecule has 0 spiro atoms. The van der Waals surface area contributed by atoms with Gasteiger partial charge in [-0.1, -0.05) is 24.3 Å². The van der Waals surface area contributed by atoms with Gasteiger partial charge in [-0.25, -0.2) is 0 Å². The van der Waals surface area contributed by atoms with Gasteiger partial charge in [-0.2, -0.15) is 0 Å². The predicted octanol–water partition coefficient (Wildman–Crippen LogP) is 1.99. The number of methoxy groups -OCH3 is 1. The fourth-order valence-corrected chi connectivity index (χ4v) is 2.64. The van der Waals surface area contributed by atoms with Crippen LogP contribution in [0, 0.1) is 0 Å². The van der Waals surface area contributed by atoms with E-state index in [2.05, 4.69) is 5.32 Å². The zero-order chi connectivity index (χ0) is 17.6. The molecule has 6 heteroatoms. The van der Waals surface area contributed by atoms with Crippen LogP contribution in [-0.4, -0.2) is 38.7 Å². The zero-order valence-electron chi connectivity index (χ0n) is 14.0. The standard InChI is InChI=1S/C19H20N2O4/c1-24-11-10-20-19(23)15-8-6-14(7-9-15)12-21-16-4-2-3-5-17(16)25-13-18(21)22/h2-9H,10-13H2,1H3,(H,20,23). The minimum absolute atomic E-state index is 0.0387. The van der Waals surface area contributed by atoms with Crippen molar-refractivity contribution < 1.29 is 19.1 Å². The number of para-hydroxylation sites is 2. The molecule has 0 aromatic heterocycles. The number of ether oxygens (including phenoxy) is 2. The Kier molecular flexibility index (Phi) is 5.30. The molecule has 0 fully saturated rings. The van der Waals surface area contributed by atoms with Gasteiger partial charge in [0.15, 0.2) is 6.61 Å². The van der Waals surface area contributed by atoms with Gasteiger partial charge in [0.2, 0.25) is 0 Å². The number of hydrogen-bond acceptors (Lipinski definition) is 4. The van der Waals surface area contributed by atoms with E-state index in [1.165, 1.54) is 0 Å². The number of rotatable bonds is 6. The van der Waals surface area contributed by atoms with Gasteiger partial charge in [-0.3, -0.25) is 9.59 Å². The Labute approximate surface area is 146 Å². The minimum atomic E-state index is -0.142. The Hall–Kier alpha value is -2.86. The Morgan fingerprint density at radius 2 is 1.96 bits per heavy atom. The number of amides is 2. The summed E-state index contributed by atoms with van der Waals surface area (Å²) in [6, 6.07) is 14.7. The lowest BCUT2D eigenvalue weighted by atomic mass is 10.1. The van der Waals surface area contributed by atoms with Crippen LogP contribution in [0.15, 0.2) is 48.5 Å². The molecule has 0 unspecified atom stereocenters. The van der Waals surface area contributed by atoms with Crippen molar-refractivity contribution in [2.75, 3.05) is 31.8 Å². The second-order valence-electron chi connectivity index (χ2n) is 5.68. The number of benzene rings is 2. The van der Waals surface area contributed by atoms with E-state index in [1.54, 1.807) is 24.1 Å². The van der Waals surface area contributed by atoms with Gasteiger partial charge >= 0.3 is 0 Å². The van der Waals surface area contributed by atoms with Crippen molar-refractivity contribution in [3.05, 3.63) is 59.7 Å². The number of carbonyl (C=O) groups is 2. The van der Waals surface area contributed by atoms with Crippen LogP contribution in [0.1, 0.15) is 15.9 Å². The summed E-state index contributed by atoms with van der Waals surface area (Å²) in [7, 11) is 1.59. The van der Waals surface area contributed by atoms with Gasteiger partial charge in [0.25, 0.3) is 11.8 Å². The summed E-state index contributed by atoms with van der Waals surface area (Å²) in [5.41, 5.74) is 2.28. The summed E-state index contributed by atoms with van der Waals surface area (Å²) in [6.07, 6.45) is 0. The van der Waals surface area contributed by atoms with Crippen molar-refractivity contribution in [2.24, 2.45) is 0 Å². The molecule has 0 saturated carbocycles. The van der Waals surface area contributed by atoms with Crippen LogP contribution < -0.4 is 15.0 Å². The van der Waals surface area contributed by atoms with Gasteiger partial charge in [0, 0.05) is 19.2 Å². The van der Waals surface area contributed by atoms with E-state index in [-0.39, 0.29) is 18.4 Å². The lowest BCUT2D eigenvalue weighted by Crippen LogP contribution is -2.38. The van der Waals surface area contributed by atoms with Crippen molar-refractivity contribution >= 4 is 17.5 Å². The molecule has 130 valence electrons. The summed E-state index contributed by atoms with van der Waals surface area (Å²) < 4.78 is 10.4. The average molecular weight is 340 g/mol. The third-order valence-electron chi connectivity index (χ3n) is 3.96. The van der Waals surface area contributed by atoms with Gasteiger partial charge in [0.1, 0.15) is 5.75 Å². The first-order valence-corrected chi connectivity index (χ1v) is 8.07. The Balaban J connectivity index is 1.69. The molecule has 0 radical (unpaired) electrons. The summed E-state index contributed by atoms with van der Waals surface area (Å²) >= 11 is 0. The Morgan fingerprint density at radius 3 is 2.72 bits per heavy atom. The summed E-state index contributed by atoms with van der Waals surface area (Å²) in [4.78, 5) is 25.9. The van der Waals surface area contributed by atoms with E-state index >= 15 is 0 Å². The molecular formula is C19H20N2O4. The molecule has 1 aliphatic heterocycles. The monoisotopic (exact) mass is 340 g/mol.